The van der Waals surface area contributed by atoms with Crippen LogP contribution in [0.15, 0.2) is 83.2 Å². The number of aromatic nitrogens is 2. The molecule has 0 saturated carbocycles. The highest BCUT2D eigenvalue weighted by molar-refractivity contribution is 8.01. The standard InChI is InChI=1S/C27H28N4OS2/c1-20-10-9-11-21(2)25(20)28-26-29-30-27(34-26)33-19-24(32)31(18-23-14-7-4-8-15-23)17-16-22-12-5-3-6-13-22/h3-15H,16-19H2,1-2H3,(H,28,29). The molecule has 7 heteroatoms. The predicted octanol–water partition coefficient (Wildman–Crippen LogP) is 6.26. The minimum atomic E-state index is 0.101. The largest absolute Gasteiger partial charge is 0.337 e. The number of hydrogen-bond acceptors (Lipinski definition) is 6. The summed E-state index contributed by atoms with van der Waals surface area (Å²) in [6, 6.07) is 26.6. The number of thioether (sulfide) groups is 1. The lowest BCUT2D eigenvalue weighted by atomic mass is 10.1. The molecular weight excluding hydrogens is 460 g/mol. The predicted molar refractivity (Wildman–Crippen MR) is 142 cm³/mol. The quantitative estimate of drug-likeness (QED) is 0.267. The average Bonchev–Trinajstić information content (AvgIpc) is 3.31. The van der Waals surface area contributed by atoms with Crippen molar-refractivity contribution in [3.05, 3.63) is 101 Å². The molecule has 1 aromatic heterocycles. The fourth-order valence-corrected chi connectivity index (χ4v) is 5.32. The zero-order chi connectivity index (χ0) is 23.8. The molecule has 1 N–H and O–H groups in total. The first-order valence-electron chi connectivity index (χ1n) is 11.2. The molecule has 0 spiro atoms. The third kappa shape index (κ3) is 6.68. The van der Waals surface area contributed by atoms with Gasteiger partial charge in [0.25, 0.3) is 0 Å². The summed E-state index contributed by atoms with van der Waals surface area (Å²) in [7, 11) is 0. The van der Waals surface area contributed by atoms with Gasteiger partial charge < -0.3 is 10.2 Å². The molecule has 0 aliphatic carbocycles. The number of carbonyl (C=O) groups is 1. The van der Waals surface area contributed by atoms with Crippen molar-refractivity contribution in [3.63, 3.8) is 0 Å². The first kappa shape index (κ1) is 24.0. The number of nitrogens with zero attached hydrogens (tertiary/aromatic N) is 3. The maximum atomic E-state index is 13.2. The number of carbonyl (C=O) groups excluding carboxylic acids is 1. The third-order valence-electron chi connectivity index (χ3n) is 5.52. The number of para-hydroxylation sites is 1. The Balaban J connectivity index is 1.38. The normalized spacial score (nSPS) is 10.8. The number of rotatable bonds is 10. The zero-order valence-electron chi connectivity index (χ0n) is 19.4. The Hall–Kier alpha value is -3.16. The van der Waals surface area contributed by atoms with Gasteiger partial charge in [-0.1, -0.05) is 102 Å². The highest BCUT2D eigenvalue weighted by Gasteiger charge is 2.16. The molecule has 34 heavy (non-hydrogen) atoms. The Morgan fingerprint density at radius 1 is 0.882 bits per heavy atom. The Morgan fingerprint density at radius 2 is 1.53 bits per heavy atom. The van der Waals surface area contributed by atoms with Crippen molar-refractivity contribution in [2.45, 2.75) is 31.2 Å². The van der Waals surface area contributed by atoms with Crippen LogP contribution in [0.3, 0.4) is 0 Å². The van der Waals surface area contributed by atoms with Crippen molar-refractivity contribution in [3.8, 4) is 0 Å². The minimum Gasteiger partial charge on any atom is -0.337 e. The lowest BCUT2D eigenvalue weighted by Crippen LogP contribution is -2.33. The van der Waals surface area contributed by atoms with Gasteiger partial charge >= 0.3 is 0 Å². The van der Waals surface area contributed by atoms with E-state index in [1.807, 2.05) is 47.4 Å². The van der Waals surface area contributed by atoms with Crippen LogP contribution in [0, 0.1) is 13.8 Å². The van der Waals surface area contributed by atoms with Crippen molar-refractivity contribution >= 4 is 39.8 Å². The molecule has 4 aromatic rings. The molecular formula is C27H28N4OS2. The molecule has 174 valence electrons. The highest BCUT2D eigenvalue weighted by atomic mass is 32.2. The van der Waals surface area contributed by atoms with Crippen molar-refractivity contribution in [1.29, 1.82) is 0 Å². The van der Waals surface area contributed by atoms with E-state index in [0.717, 1.165) is 38.3 Å². The molecule has 1 heterocycles. The van der Waals surface area contributed by atoms with Crippen molar-refractivity contribution < 1.29 is 4.79 Å². The average molecular weight is 489 g/mol. The van der Waals surface area contributed by atoms with Crippen LogP contribution in [0.4, 0.5) is 10.8 Å². The summed E-state index contributed by atoms with van der Waals surface area (Å²) in [5, 5.41) is 12.7. The number of hydrogen-bond donors (Lipinski definition) is 1. The molecule has 0 saturated heterocycles. The van der Waals surface area contributed by atoms with Crippen molar-refractivity contribution in [2.75, 3.05) is 17.6 Å². The van der Waals surface area contributed by atoms with E-state index in [2.05, 4.69) is 65.8 Å². The fourth-order valence-electron chi connectivity index (χ4n) is 3.66. The molecule has 0 aliphatic heterocycles. The molecule has 3 aromatic carbocycles. The highest BCUT2D eigenvalue weighted by Crippen LogP contribution is 2.30. The summed E-state index contributed by atoms with van der Waals surface area (Å²) >= 11 is 2.91. The molecule has 5 nitrogen and oxygen atoms in total. The molecule has 4 rings (SSSR count). The van der Waals surface area contributed by atoms with Crippen LogP contribution in [0.5, 0.6) is 0 Å². The first-order valence-corrected chi connectivity index (χ1v) is 13.0. The Morgan fingerprint density at radius 3 is 2.21 bits per heavy atom. The molecule has 0 aliphatic rings. The maximum absolute atomic E-state index is 13.2. The van der Waals surface area contributed by atoms with Crippen molar-refractivity contribution in [2.24, 2.45) is 0 Å². The fraction of sp³-hybridized carbons (Fsp3) is 0.222. The number of benzene rings is 3. The van der Waals surface area contributed by atoms with Crippen LogP contribution in [0.25, 0.3) is 0 Å². The molecule has 0 fully saturated rings. The van der Waals surface area contributed by atoms with Gasteiger partial charge in [0, 0.05) is 18.8 Å². The summed E-state index contributed by atoms with van der Waals surface area (Å²) in [6.07, 6.45) is 0.826. The summed E-state index contributed by atoms with van der Waals surface area (Å²) in [5.74, 6) is 0.434. The molecule has 0 atom stereocenters. The van der Waals surface area contributed by atoms with Gasteiger partial charge in [0.1, 0.15) is 0 Å². The van der Waals surface area contributed by atoms with Crippen LogP contribution in [0.2, 0.25) is 0 Å². The summed E-state index contributed by atoms with van der Waals surface area (Å²) in [6.45, 7) is 5.42. The first-order chi connectivity index (χ1) is 16.6. The van der Waals surface area contributed by atoms with Crippen LogP contribution < -0.4 is 5.32 Å². The number of nitrogens with one attached hydrogen (secondary N) is 1. The van der Waals surface area contributed by atoms with E-state index >= 15 is 0 Å². The number of anilines is 2. The van der Waals surface area contributed by atoms with E-state index in [1.165, 1.54) is 28.7 Å². The van der Waals surface area contributed by atoms with Gasteiger partial charge in [-0.05, 0) is 42.5 Å². The van der Waals surface area contributed by atoms with E-state index in [-0.39, 0.29) is 5.91 Å². The van der Waals surface area contributed by atoms with Gasteiger partial charge in [0.2, 0.25) is 11.0 Å². The van der Waals surface area contributed by atoms with Gasteiger partial charge in [0.15, 0.2) is 4.34 Å². The lowest BCUT2D eigenvalue weighted by Gasteiger charge is -2.23. The van der Waals surface area contributed by atoms with E-state index in [0.29, 0.717) is 18.8 Å². The Bertz CT molecular complexity index is 1190. The molecule has 1 amide bonds. The number of amides is 1. The molecule has 0 bridgehead atoms. The van der Waals surface area contributed by atoms with Crippen LogP contribution in [0.1, 0.15) is 22.3 Å². The van der Waals surface area contributed by atoms with E-state index < -0.39 is 0 Å². The van der Waals surface area contributed by atoms with Gasteiger partial charge in [-0.3, -0.25) is 4.79 Å². The van der Waals surface area contributed by atoms with Gasteiger partial charge in [-0.15, -0.1) is 10.2 Å². The van der Waals surface area contributed by atoms with Crippen molar-refractivity contribution in [1.82, 2.24) is 15.1 Å². The zero-order valence-corrected chi connectivity index (χ0v) is 21.0. The Labute approximate surface area is 209 Å². The second-order valence-electron chi connectivity index (χ2n) is 8.09. The number of aryl methyl sites for hydroxylation is 2. The van der Waals surface area contributed by atoms with Gasteiger partial charge in [-0.2, -0.15) is 0 Å². The molecule has 0 radical (unpaired) electrons. The van der Waals surface area contributed by atoms with Gasteiger partial charge in [0.05, 0.1) is 5.75 Å². The van der Waals surface area contributed by atoms with Crippen LogP contribution >= 0.6 is 23.1 Å². The summed E-state index contributed by atoms with van der Waals surface area (Å²) < 4.78 is 0.782. The third-order valence-corrected chi connectivity index (χ3v) is 7.48. The summed E-state index contributed by atoms with van der Waals surface area (Å²) in [5.41, 5.74) is 5.74. The van der Waals surface area contributed by atoms with Gasteiger partial charge in [-0.25, -0.2) is 0 Å². The van der Waals surface area contributed by atoms with E-state index in [4.69, 9.17) is 0 Å². The maximum Gasteiger partial charge on any atom is 0.233 e. The van der Waals surface area contributed by atoms with E-state index in [9.17, 15) is 4.79 Å². The SMILES string of the molecule is Cc1cccc(C)c1Nc1nnc(SCC(=O)N(CCc2ccccc2)Cc2ccccc2)s1. The van der Waals surface area contributed by atoms with E-state index in [1.54, 1.807) is 0 Å². The topological polar surface area (TPSA) is 58.1 Å². The molecule has 0 unspecified atom stereocenters. The lowest BCUT2D eigenvalue weighted by molar-refractivity contribution is -0.128. The summed E-state index contributed by atoms with van der Waals surface area (Å²) in [4.78, 5) is 15.1. The van der Waals surface area contributed by atoms with Crippen LogP contribution in [-0.4, -0.2) is 33.3 Å². The second kappa shape index (κ2) is 11.8. The second-order valence-corrected chi connectivity index (χ2v) is 10.3. The Kier molecular flexibility index (Phi) is 8.33. The monoisotopic (exact) mass is 488 g/mol. The minimum absolute atomic E-state index is 0.101. The smallest absolute Gasteiger partial charge is 0.233 e. The van der Waals surface area contributed by atoms with Crippen LogP contribution in [-0.2, 0) is 17.8 Å².